The standard InChI is InChI=1S/C22H31N3O2/c1-15-11-16(2)20-19(12-15)17(3)21(23-20)22(26)25-9-6-10-27-18(14-25)13-24-7-4-5-8-24/h11-12,18,23H,4-10,13-14H2,1-3H3/t18-/m1/s1. The van der Waals surface area contributed by atoms with Crippen LogP contribution in [-0.4, -0.2) is 66.1 Å². The van der Waals surface area contributed by atoms with Gasteiger partial charge in [-0.1, -0.05) is 11.6 Å². The molecule has 0 saturated carbocycles. The lowest BCUT2D eigenvalue weighted by Crippen LogP contribution is -2.42. The lowest BCUT2D eigenvalue weighted by atomic mass is 10.1. The van der Waals surface area contributed by atoms with E-state index in [1.807, 2.05) is 4.90 Å². The molecule has 0 radical (unpaired) electrons. The molecule has 5 heteroatoms. The minimum absolute atomic E-state index is 0.109. The fourth-order valence-electron chi connectivity index (χ4n) is 4.60. The predicted molar refractivity (Wildman–Crippen MR) is 108 cm³/mol. The van der Waals surface area contributed by atoms with Gasteiger partial charge in [0, 0.05) is 37.1 Å². The van der Waals surface area contributed by atoms with Gasteiger partial charge in [0.1, 0.15) is 5.69 Å². The summed E-state index contributed by atoms with van der Waals surface area (Å²) in [7, 11) is 0. The van der Waals surface area contributed by atoms with Gasteiger partial charge in [0.05, 0.1) is 6.10 Å². The molecule has 1 atom stereocenters. The first-order valence-electron chi connectivity index (χ1n) is 10.3. The third-order valence-corrected chi connectivity index (χ3v) is 6.02. The maximum absolute atomic E-state index is 13.3. The SMILES string of the molecule is Cc1cc(C)c2[nH]c(C(=O)N3CCCO[C@H](CN4CCCC4)C3)c(C)c2c1. The van der Waals surface area contributed by atoms with Crippen molar-refractivity contribution in [2.45, 2.75) is 46.1 Å². The maximum atomic E-state index is 13.3. The molecule has 2 fully saturated rings. The van der Waals surface area contributed by atoms with Gasteiger partial charge in [-0.05, 0) is 70.3 Å². The summed E-state index contributed by atoms with van der Waals surface area (Å²) in [6.07, 6.45) is 3.58. The number of aryl methyl sites for hydroxylation is 3. The molecule has 0 bridgehead atoms. The van der Waals surface area contributed by atoms with Crippen molar-refractivity contribution in [1.82, 2.24) is 14.8 Å². The highest BCUT2D eigenvalue weighted by molar-refractivity contribution is 6.01. The molecule has 5 nitrogen and oxygen atoms in total. The highest BCUT2D eigenvalue weighted by Crippen LogP contribution is 2.27. The van der Waals surface area contributed by atoms with Crippen LogP contribution in [0.1, 0.15) is 46.4 Å². The molecule has 3 heterocycles. The third-order valence-electron chi connectivity index (χ3n) is 6.02. The van der Waals surface area contributed by atoms with E-state index in [2.05, 4.69) is 42.8 Å². The molecular weight excluding hydrogens is 338 g/mol. The average Bonchev–Trinajstić information content (AvgIpc) is 3.18. The van der Waals surface area contributed by atoms with Crippen LogP contribution in [0.15, 0.2) is 12.1 Å². The van der Waals surface area contributed by atoms with Crippen LogP contribution in [0.2, 0.25) is 0 Å². The Balaban J connectivity index is 1.56. The van der Waals surface area contributed by atoms with Crippen molar-refractivity contribution in [3.05, 3.63) is 34.5 Å². The van der Waals surface area contributed by atoms with Crippen LogP contribution >= 0.6 is 0 Å². The van der Waals surface area contributed by atoms with E-state index in [-0.39, 0.29) is 12.0 Å². The van der Waals surface area contributed by atoms with Crippen LogP contribution in [0.4, 0.5) is 0 Å². The Bertz CT molecular complexity index is 836. The summed E-state index contributed by atoms with van der Waals surface area (Å²) >= 11 is 0. The van der Waals surface area contributed by atoms with E-state index in [1.54, 1.807) is 0 Å². The zero-order valence-electron chi connectivity index (χ0n) is 16.8. The zero-order chi connectivity index (χ0) is 19.0. The number of nitrogens with one attached hydrogen (secondary N) is 1. The van der Waals surface area contributed by atoms with Gasteiger partial charge in [-0.3, -0.25) is 4.79 Å². The number of hydrogen-bond donors (Lipinski definition) is 1. The highest BCUT2D eigenvalue weighted by Gasteiger charge is 2.28. The van der Waals surface area contributed by atoms with Crippen LogP contribution in [-0.2, 0) is 4.74 Å². The number of carbonyl (C=O) groups is 1. The number of aromatic amines is 1. The first kappa shape index (κ1) is 18.5. The second kappa shape index (κ2) is 7.64. The summed E-state index contributed by atoms with van der Waals surface area (Å²) in [4.78, 5) is 21.2. The summed E-state index contributed by atoms with van der Waals surface area (Å²) in [6.45, 7) is 11.7. The molecule has 0 spiro atoms. The lowest BCUT2D eigenvalue weighted by Gasteiger charge is -2.27. The topological polar surface area (TPSA) is 48.6 Å². The molecule has 2 saturated heterocycles. The number of carbonyl (C=O) groups excluding carboxylic acids is 1. The molecule has 1 N–H and O–H groups in total. The Morgan fingerprint density at radius 2 is 1.93 bits per heavy atom. The number of H-pyrrole nitrogens is 1. The molecule has 146 valence electrons. The van der Waals surface area contributed by atoms with Crippen LogP contribution < -0.4 is 0 Å². The maximum Gasteiger partial charge on any atom is 0.270 e. The van der Waals surface area contributed by atoms with Gasteiger partial charge in [0.15, 0.2) is 0 Å². The summed E-state index contributed by atoms with van der Waals surface area (Å²) < 4.78 is 6.06. The van der Waals surface area contributed by atoms with E-state index < -0.39 is 0 Å². The number of benzene rings is 1. The molecular formula is C22H31N3O2. The van der Waals surface area contributed by atoms with Gasteiger partial charge in [-0.15, -0.1) is 0 Å². The van der Waals surface area contributed by atoms with Crippen LogP contribution in [0, 0.1) is 20.8 Å². The van der Waals surface area contributed by atoms with E-state index >= 15 is 0 Å². The number of nitrogens with zero attached hydrogens (tertiary/aromatic N) is 2. The summed E-state index contributed by atoms with van der Waals surface area (Å²) in [5, 5.41) is 1.16. The van der Waals surface area contributed by atoms with Gasteiger partial charge in [0.25, 0.3) is 5.91 Å². The Kier molecular flexibility index (Phi) is 5.24. The van der Waals surface area contributed by atoms with E-state index in [4.69, 9.17) is 4.74 Å². The van der Waals surface area contributed by atoms with Crippen LogP contribution in [0.5, 0.6) is 0 Å². The highest BCUT2D eigenvalue weighted by atomic mass is 16.5. The largest absolute Gasteiger partial charge is 0.375 e. The minimum Gasteiger partial charge on any atom is -0.375 e. The van der Waals surface area contributed by atoms with Crippen LogP contribution in [0.25, 0.3) is 10.9 Å². The predicted octanol–water partition coefficient (Wildman–Crippen LogP) is 3.42. The number of ether oxygens (including phenoxy) is 1. The van der Waals surface area contributed by atoms with Crippen molar-refractivity contribution < 1.29 is 9.53 Å². The normalized spacial score (nSPS) is 21.7. The zero-order valence-corrected chi connectivity index (χ0v) is 16.8. The van der Waals surface area contributed by atoms with E-state index in [0.717, 1.165) is 61.4 Å². The molecule has 0 unspecified atom stereocenters. The minimum atomic E-state index is 0.109. The fraction of sp³-hybridized carbons (Fsp3) is 0.591. The summed E-state index contributed by atoms with van der Waals surface area (Å²) in [6, 6.07) is 4.34. The molecule has 1 aromatic heterocycles. The Morgan fingerprint density at radius 1 is 1.15 bits per heavy atom. The van der Waals surface area contributed by atoms with Gasteiger partial charge < -0.3 is 19.5 Å². The van der Waals surface area contributed by atoms with Crippen LogP contribution in [0.3, 0.4) is 0 Å². The number of rotatable bonds is 3. The number of hydrogen-bond acceptors (Lipinski definition) is 3. The molecule has 1 amide bonds. The third kappa shape index (κ3) is 3.76. The van der Waals surface area contributed by atoms with Gasteiger partial charge in [0.2, 0.25) is 0 Å². The van der Waals surface area contributed by atoms with Crippen molar-refractivity contribution in [2.24, 2.45) is 0 Å². The average molecular weight is 370 g/mol. The van der Waals surface area contributed by atoms with Crippen molar-refractivity contribution in [3.63, 3.8) is 0 Å². The fourth-order valence-corrected chi connectivity index (χ4v) is 4.60. The molecule has 4 rings (SSSR count). The van der Waals surface area contributed by atoms with E-state index in [0.29, 0.717) is 6.54 Å². The molecule has 27 heavy (non-hydrogen) atoms. The molecule has 2 aromatic rings. The van der Waals surface area contributed by atoms with E-state index in [9.17, 15) is 4.79 Å². The van der Waals surface area contributed by atoms with Gasteiger partial charge in [-0.2, -0.15) is 0 Å². The van der Waals surface area contributed by atoms with E-state index in [1.165, 1.54) is 24.0 Å². The second-order valence-electron chi connectivity index (χ2n) is 8.23. The monoisotopic (exact) mass is 369 g/mol. The second-order valence-corrected chi connectivity index (χ2v) is 8.23. The number of aromatic nitrogens is 1. The first-order chi connectivity index (χ1) is 13.0. The molecule has 2 aliphatic rings. The Labute approximate surface area is 161 Å². The van der Waals surface area contributed by atoms with Crippen molar-refractivity contribution in [2.75, 3.05) is 39.3 Å². The van der Waals surface area contributed by atoms with Gasteiger partial charge in [-0.25, -0.2) is 0 Å². The quantitative estimate of drug-likeness (QED) is 0.902. The molecule has 2 aliphatic heterocycles. The summed E-state index contributed by atoms with van der Waals surface area (Å²) in [5.74, 6) is 0.109. The molecule has 0 aliphatic carbocycles. The lowest BCUT2D eigenvalue weighted by molar-refractivity contribution is 0.0296. The summed E-state index contributed by atoms with van der Waals surface area (Å²) in [5.41, 5.74) is 5.30. The van der Waals surface area contributed by atoms with Gasteiger partial charge >= 0.3 is 0 Å². The smallest absolute Gasteiger partial charge is 0.270 e. The number of amides is 1. The Morgan fingerprint density at radius 3 is 2.70 bits per heavy atom. The molecule has 1 aromatic carbocycles. The Hall–Kier alpha value is -1.85. The number of likely N-dealkylation sites (tertiary alicyclic amines) is 1. The number of fused-ring (bicyclic) bond motifs is 1. The van der Waals surface area contributed by atoms with Crippen molar-refractivity contribution in [3.8, 4) is 0 Å². The first-order valence-corrected chi connectivity index (χ1v) is 10.3. The van der Waals surface area contributed by atoms with Crippen molar-refractivity contribution >= 4 is 16.8 Å². The van der Waals surface area contributed by atoms with Crippen molar-refractivity contribution in [1.29, 1.82) is 0 Å².